The summed E-state index contributed by atoms with van der Waals surface area (Å²) in [5.74, 6) is -1.07. The lowest BCUT2D eigenvalue weighted by molar-refractivity contribution is -0.141. The van der Waals surface area contributed by atoms with E-state index >= 15 is 0 Å². The zero-order valence-electron chi connectivity index (χ0n) is 11.1. The highest BCUT2D eigenvalue weighted by atomic mass is 35.5. The van der Waals surface area contributed by atoms with Crippen LogP contribution in [0.25, 0.3) is 0 Å². The molecule has 1 saturated heterocycles. The number of morpholine rings is 1. The van der Waals surface area contributed by atoms with Gasteiger partial charge in [0.2, 0.25) is 0 Å². The summed E-state index contributed by atoms with van der Waals surface area (Å²) in [6.07, 6.45) is -0.552. The highest BCUT2D eigenvalue weighted by molar-refractivity contribution is 6.31. The number of hydrogen-bond donors (Lipinski definition) is 1. The zero-order valence-corrected chi connectivity index (χ0v) is 11.9. The molecule has 1 aromatic rings. The molecular formula is C14H16ClNO4. The molecule has 0 spiro atoms. The Morgan fingerprint density at radius 3 is 2.85 bits per heavy atom. The number of carbonyl (C=O) groups excluding carboxylic acids is 1. The number of carbonyl (C=O) groups is 2. The lowest BCUT2D eigenvalue weighted by atomic mass is 10.1. The number of rotatable bonds is 3. The maximum atomic E-state index is 12.4. The predicted octanol–water partition coefficient (Wildman–Crippen LogP) is 1.96. The van der Waals surface area contributed by atoms with Crippen LogP contribution in [0.4, 0.5) is 0 Å². The standard InChI is InChI=1S/C14H16ClNO4/c1-9-4-10(6-11(15)5-9)14(19)16-2-3-20-12(8-16)7-13(17)18/h4-6,12H,2-3,7-8H2,1H3,(H,17,18)/t12-/m1/s1. The van der Waals surface area contributed by atoms with Gasteiger partial charge in [0, 0.05) is 23.7 Å². The third kappa shape index (κ3) is 3.71. The molecule has 0 aromatic heterocycles. The maximum absolute atomic E-state index is 12.4. The van der Waals surface area contributed by atoms with Gasteiger partial charge in [0.15, 0.2) is 0 Å². The summed E-state index contributed by atoms with van der Waals surface area (Å²) >= 11 is 5.96. The van der Waals surface area contributed by atoms with Gasteiger partial charge in [-0.05, 0) is 30.7 Å². The number of amides is 1. The Bertz CT molecular complexity index is 512. The van der Waals surface area contributed by atoms with Crippen molar-refractivity contribution >= 4 is 23.5 Å². The number of carboxylic acid groups (broad SMARTS) is 1. The summed E-state index contributed by atoms with van der Waals surface area (Å²) in [7, 11) is 0. The van der Waals surface area contributed by atoms with E-state index in [2.05, 4.69) is 0 Å². The summed E-state index contributed by atoms with van der Waals surface area (Å²) in [6, 6.07) is 5.18. The fourth-order valence-electron chi connectivity index (χ4n) is 2.26. The van der Waals surface area contributed by atoms with Gasteiger partial charge in [-0.15, -0.1) is 0 Å². The Hall–Kier alpha value is -1.59. The molecule has 1 aliphatic heterocycles. The van der Waals surface area contributed by atoms with Crippen LogP contribution in [0.2, 0.25) is 5.02 Å². The molecule has 0 saturated carbocycles. The van der Waals surface area contributed by atoms with E-state index in [-0.39, 0.29) is 18.9 Å². The van der Waals surface area contributed by atoms with Crippen LogP contribution < -0.4 is 0 Å². The first-order valence-corrected chi connectivity index (χ1v) is 6.73. The molecule has 1 N–H and O–H groups in total. The Labute approximate surface area is 122 Å². The molecule has 2 rings (SSSR count). The van der Waals surface area contributed by atoms with Crippen LogP contribution in [0.5, 0.6) is 0 Å². The minimum Gasteiger partial charge on any atom is -0.481 e. The van der Waals surface area contributed by atoms with E-state index < -0.39 is 12.1 Å². The molecule has 1 aliphatic rings. The molecule has 1 amide bonds. The minimum atomic E-state index is -0.928. The number of aliphatic carboxylic acids is 1. The fourth-order valence-corrected chi connectivity index (χ4v) is 2.55. The topological polar surface area (TPSA) is 66.8 Å². The van der Waals surface area contributed by atoms with Crippen LogP contribution in [0.1, 0.15) is 22.3 Å². The van der Waals surface area contributed by atoms with Crippen molar-refractivity contribution in [2.24, 2.45) is 0 Å². The van der Waals surface area contributed by atoms with Crippen LogP contribution in [-0.4, -0.2) is 47.7 Å². The van der Waals surface area contributed by atoms with Gasteiger partial charge < -0.3 is 14.7 Å². The van der Waals surface area contributed by atoms with Crippen LogP contribution in [-0.2, 0) is 9.53 Å². The van der Waals surface area contributed by atoms with Gasteiger partial charge >= 0.3 is 5.97 Å². The molecule has 1 atom stereocenters. The molecule has 1 heterocycles. The van der Waals surface area contributed by atoms with Crippen molar-refractivity contribution in [1.29, 1.82) is 0 Å². The van der Waals surface area contributed by atoms with Crippen molar-refractivity contribution < 1.29 is 19.4 Å². The number of aryl methyl sites for hydroxylation is 1. The van der Waals surface area contributed by atoms with E-state index in [1.54, 1.807) is 23.1 Å². The summed E-state index contributed by atoms with van der Waals surface area (Å²) in [5, 5.41) is 9.30. The molecule has 0 radical (unpaired) electrons. The van der Waals surface area contributed by atoms with E-state index in [0.717, 1.165) is 5.56 Å². The fraction of sp³-hybridized carbons (Fsp3) is 0.429. The zero-order chi connectivity index (χ0) is 14.7. The van der Waals surface area contributed by atoms with Crippen molar-refractivity contribution in [3.63, 3.8) is 0 Å². The molecule has 1 fully saturated rings. The van der Waals surface area contributed by atoms with Gasteiger partial charge in [0.25, 0.3) is 5.91 Å². The molecular weight excluding hydrogens is 282 g/mol. The smallest absolute Gasteiger partial charge is 0.306 e. The number of hydrogen-bond acceptors (Lipinski definition) is 3. The van der Waals surface area contributed by atoms with Crippen molar-refractivity contribution in [2.75, 3.05) is 19.7 Å². The lowest BCUT2D eigenvalue weighted by Crippen LogP contribution is -2.46. The Morgan fingerprint density at radius 2 is 2.20 bits per heavy atom. The minimum absolute atomic E-state index is 0.0989. The first-order valence-electron chi connectivity index (χ1n) is 6.35. The number of benzene rings is 1. The second-order valence-electron chi connectivity index (χ2n) is 4.86. The number of nitrogens with zero attached hydrogens (tertiary/aromatic N) is 1. The molecule has 6 heteroatoms. The number of halogens is 1. The lowest BCUT2D eigenvalue weighted by Gasteiger charge is -2.32. The first kappa shape index (κ1) is 14.8. The van der Waals surface area contributed by atoms with Crippen LogP contribution in [0.3, 0.4) is 0 Å². The summed E-state index contributed by atoms with van der Waals surface area (Å²) in [6.45, 7) is 2.97. The van der Waals surface area contributed by atoms with E-state index in [0.29, 0.717) is 23.7 Å². The normalized spacial score (nSPS) is 18.9. The molecule has 20 heavy (non-hydrogen) atoms. The van der Waals surface area contributed by atoms with Gasteiger partial charge in [-0.25, -0.2) is 0 Å². The van der Waals surface area contributed by atoms with Crippen LogP contribution >= 0.6 is 11.6 Å². The Balaban J connectivity index is 2.10. The van der Waals surface area contributed by atoms with E-state index in [1.807, 2.05) is 6.92 Å². The van der Waals surface area contributed by atoms with Crippen LogP contribution in [0, 0.1) is 6.92 Å². The summed E-state index contributed by atoms with van der Waals surface area (Å²) < 4.78 is 5.35. The van der Waals surface area contributed by atoms with Gasteiger partial charge in [-0.2, -0.15) is 0 Å². The average molecular weight is 298 g/mol. The molecule has 108 valence electrons. The molecule has 1 aromatic carbocycles. The van der Waals surface area contributed by atoms with E-state index in [4.69, 9.17) is 21.4 Å². The van der Waals surface area contributed by atoms with E-state index in [9.17, 15) is 9.59 Å². The molecule has 5 nitrogen and oxygen atoms in total. The third-order valence-electron chi connectivity index (χ3n) is 3.12. The van der Waals surface area contributed by atoms with Crippen molar-refractivity contribution in [1.82, 2.24) is 4.90 Å². The van der Waals surface area contributed by atoms with Gasteiger partial charge in [0.1, 0.15) is 0 Å². The second kappa shape index (κ2) is 6.24. The molecule has 0 aliphatic carbocycles. The monoisotopic (exact) mass is 297 g/mol. The van der Waals surface area contributed by atoms with Gasteiger partial charge in [-0.3, -0.25) is 9.59 Å². The van der Waals surface area contributed by atoms with Crippen molar-refractivity contribution in [2.45, 2.75) is 19.4 Å². The molecule has 0 bridgehead atoms. The largest absolute Gasteiger partial charge is 0.481 e. The SMILES string of the molecule is Cc1cc(Cl)cc(C(=O)N2CCO[C@H](CC(=O)O)C2)c1. The summed E-state index contributed by atoms with van der Waals surface area (Å²) in [5.41, 5.74) is 1.43. The highest BCUT2D eigenvalue weighted by Gasteiger charge is 2.26. The predicted molar refractivity (Wildman–Crippen MR) is 74.1 cm³/mol. The van der Waals surface area contributed by atoms with Gasteiger partial charge in [0.05, 0.1) is 19.1 Å². The maximum Gasteiger partial charge on any atom is 0.306 e. The van der Waals surface area contributed by atoms with Crippen molar-refractivity contribution in [3.05, 3.63) is 34.3 Å². The van der Waals surface area contributed by atoms with Crippen LogP contribution in [0.15, 0.2) is 18.2 Å². The Morgan fingerprint density at radius 1 is 1.45 bits per heavy atom. The van der Waals surface area contributed by atoms with Crippen molar-refractivity contribution in [3.8, 4) is 0 Å². The number of carboxylic acids is 1. The molecule has 0 unspecified atom stereocenters. The average Bonchev–Trinajstić information content (AvgIpc) is 2.36. The quantitative estimate of drug-likeness (QED) is 0.926. The summed E-state index contributed by atoms with van der Waals surface area (Å²) in [4.78, 5) is 24.7. The number of ether oxygens (including phenoxy) is 1. The first-order chi connectivity index (χ1) is 9.45. The third-order valence-corrected chi connectivity index (χ3v) is 3.34. The highest BCUT2D eigenvalue weighted by Crippen LogP contribution is 2.18. The van der Waals surface area contributed by atoms with Gasteiger partial charge in [-0.1, -0.05) is 11.6 Å². The van der Waals surface area contributed by atoms with E-state index in [1.165, 1.54) is 0 Å². The second-order valence-corrected chi connectivity index (χ2v) is 5.30. The Kier molecular flexibility index (Phi) is 4.62.